The minimum atomic E-state index is -1.46. The molecule has 0 aromatic heterocycles. The molecule has 1 unspecified atom stereocenters. The number of rotatable bonds is 6. The number of carboxylic acids is 1. The van der Waals surface area contributed by atoms with Crippen LogP contribution in [0.5, 0.6) is 0 Å². The smallest absolute Gasteiger partial charge is 0.325 e. The van der Waals surface area contributed by atoms with E-state index in [2.05, 4.69) is 4.72 Å². The van der Waals surface area contributed by atoms with Crippen molar-refractivity contribution >= 4 is 23.0 Å². The zero-order valence-electron chi connectivity index (χ0n) is 14.6. The normalized spacial score (nSPS) is 14.4. The van der Waals surface area contributed by atoms with E-state index in [0.29, 0.717) is 0 Å². The SMILES string of the molecule is CC(C)(C)S(=O)N[C@@H](/C=C/c1ccc(-c2ccccc2)cc1)C(=O)O. The fraction of sp³-hybridized carbons (Fsp3) is 0.250. The van der Waals surface area contributed by atoms with Crippen LogP contribution < -0.4 is 4.72 Å². The van der Waals surface area contributed by atoms with Crippen LogP contribution in [0.25, 0.3) is 17.2 Å². The van der Waals surface area contributed by atoms with Gasteiger partial charge in [0.25, 0.3) is 0 Å². The van der Waals surface area contributed by atoms with Crippen molar-refractivity contribution in [3.63, 3.8) is 0 Å². The molecule has 0 amide bonds. The summed E-state index contributed by atoms with van der Waals surface area (Å²) < 4.78 is 14.2. The molecule has 5 heteroatoms. The van der Waals surface area contributed by atoms with E-state index in [1.807, 2.05) is 54.6 Å². The molecule has 2 atom stereocenters. The molecule has 0 saturated carbocycles. The van der Waals surface area contributed by atoms with Crippen molar-refractivity contribution < 1.29 is 14.1 Å². The van der Waals surface area contributed by atoms with Crippen LogP contribution in [0.4, 0.5) is 0 Å². The van der Waals surface area contributed by atoms with Gasteiger partial charge < -0.3 is 5.11 Å². The van der Waals surface area contributed by atoms with Crippen molar-refractivity contribution in [1.29, 1.82) is 0 Å². The highest BCUT2D eigenvalue weighted by molar-refractivity contribution is 7.84. The number of nitrogens with one attached hydrogen (secondary N) is 1. The molecule has 0 aliphatic carbocycles. The summed E-state index contributed by atoms with van der Waals surface area (Å²) in [6, 6.07) is 16.9. The predicted molar refractivity (Wildman–Crippen MR) is 103 cm³/mol. The molecule has 25 heavy (non-hydrogen) atoms. The Labute approximate surface area is 151 Å². The third-order valence-corrected chi connectivity index (χ3v) is 5.14. The van der Waals surface area contributed by atoms with E-state index in [-0.39, 0.29) is 0 Å². The summed E-state index contributed by atoms with van der Waals surface area (Å²) in [7, 11) is -1.46. The molecular formula is C20H23NO3S. The van der Waals surface area contributed by atoms with Crippen molar-refractivity contribution in [1.82, 2.24) is 4.72 Å². The van der Waals surface area contributed by atoms with Gasteiger partial charge in [-0.05, 0) is 37.5 Å². The number of hydrogen-bond donors (Lipinski definition) is 2. The predicted octanol–water partition coefficient (Wildman–Crippen LogP) is 3.87. The maximum atomic E-state index is 12.1. The lowest BCUT2D eigenvalue weighted by atomic mass is 10.0. The Balaban J connectivity index is 2.10. The van der Waals surface area contributed by atoms with Crippen LogP contribution in [0.1, 0.15) is 26.3 Å². The first kappa shape index (κ1) is 19.1. The van der Waals surface area contributed by atoms with Crippen LogP contribution >= 0.6 is 0 Å². The first-order chi connectivity index (χ1) is 11.8. The van der Waals surface area contributed by atoms with E-state index >= 15 is 0 Å². The molecule has 0 heterocycles. The molecule has 0 bridgehead atoms. The van der Waals surface area contributed by atoms with Gasteiger partial charge >= 0.3 is 5.97 Å². The number of carboxylic acid groups (broad SMARTS) is 1. The highest BCUT2D eigenvalue weighted by Gasteiger charge is 2.24. The minimum absolute atomic E-state index is 0.529. The molecule has 4 nitrogen and oxygen atoms in total. The number of carbonyl (C=O) groups is 1. The molecule has 0 aliphatic rings. The second-order valence-electron chi connectivity index (χ2n) is 6.66. The Morgan fingerprint density at radius 2 is 1.60 bits per heavy atom. The molecule has 0 fully saturated rings. The van der Waals surface area contributed by atoms with E-state index in [9.17, 15) is 14.1 Å². The van der Waals surface area contributed by atoms with Crippen LogP contribution in [0.15, 0.2) is 60.7 Å². The van der Waals surface area contributed by atoms with Crippen LogP contribution in [0.3, 0.4) is 0 Å². The number of aliphatic carboxylic acids is 1. The van der Waals surface area contributed by atoms with E-state index in [1.54, 1.807) is 26.8 Å². The van der Waals surface area contributed by atoms with Crippen molar-refractivity contribution in [2.45, 2.75) is 31.6 Å². The van der Waals surface area contributed by atoms with E-state index in [4.69, 9.17) is 0 Å². The molecule has 0 spiro atoms. The third kappa shape index (κ3) is 5.66. The Morgan fingerprint density at radius 3 is 2.12 bits per heavy atom. The van der Waals surface area contributed by atoms with Crippen LogP contribution in [-0.2, 0) is 15.8 Å². The van der Waals surface area contributed by atoms with Crippen LogP contribution in [0.2, 0.25) is 0 Å². The van der Waals surface area contributed by atoms with Gasteiger partial charge in [-0.3, -0.25) is 4.79 Å². The van der Waals surface area contributed by atoms with E-state index in [0.717, 1.165) is 16.7 Å². The number of benzene rings is 2. The standard InChI is InChI=1S/C20H23NO3S/c1-20(2,3)25(24)21-18(19(22)23)14-11-15-9-12-17(13-10-15)16-7-5-4-6-8-16/h4-14,18,21H,1-3H3,(H,22,23)/b14-11+/t18-,25?/m0/s1. The van der Waals surface area contributed by atoms with Gasteiger partial charge in [-0.15, -0.1) is 0 Å². The fourth-order valence-corrected chi connectivity index (χ4v) is 2.85. The van der Waals surface area contributed by atoms with Gasteiger partial charge in [0, 0.05) is 0 Å². The van der Waals surface area contributed by atoms with E-state index < -0.39 is 27.7 Å². The lowest BCUT2D eigenvalue weighted by Crippen LogP contribution is -2.42. The molecule has 2 rings (SSSR count). The first-order valence-corrected chi connectivity index (χ1v) is 9.17. The van der Waals surface area contributed by atoms with Crippen LogP contribution in [0, 0.1) is 0 Å². The average molecular weight is 357 g/mol. The van der Waals surface area contributed by atoms with Gasteiger partial charge in [-0.25, -0.2) is 8.93 Å². The molecule has 0 radical (unpaired) electrons. The highest BCUT2D eigenvalue weighted by atomic mass is 32.2. The van der Waals surface area contributed by atoms with Crippen molar-refractivity contribution in [3.05, 3.63) is 66.2 Å². The lowest BCUT2D eigenvalue weighted by molar-refractivity contribution is -0.137. The van der Waals surface area contributed by atoms with Gasteiger partial charge in [0.15, 0.2) is 0 Å². The third-order valence-electron chi connectivity index (χ3n) is 3.56. The van der Waals surface area contributed by atoms with Crippen LogP contribution in [-0.4, -0.2) is 26.1 Å². The zero-order chi connectivity index (χ0) is 18.4. The van der Waals surface area contributed by atoms with Crippen molar-refractivity contribution in [2.75, 3.05) is 0 Å². The quantitative estimate of drug-likeness (QED) is 0.825. The first-order valence-electron chi connectivity index (χ1n) is 8.02. The molecule has 2 aromatic carbocycles. The molecule has 0 aliphatic heterocycles. The Morgan fingerprint density at radius 1 is 1.04 bits per heavy atom. The fourth-order valence-electron chi connectivity index (χ4n) is 2.09. The van der Waals surface area contributed by atoms with Gasteiger partial charge in [-0.1, -0.05) is 66.7 Å². The van der Waals surface area contributed by atoms with Gasteiger partial charge in [0.2, 0.25) is 0 Å². The summed E-state index contributed by atoms with van der Waals surface area (Å²) in [5.74, 6) is -1.06. The Kier molecular flexibility index (Phi) is 6.28. The summed E-state index contributed by atoms with van der Waals surface area (Å²) in [5, 5.41) is 9.31. The summed E-state index contributed by atoms with van der Waals surface area (Å²) >= 11 is 0. The second-order valence-corrected chi connectivity index (χ2v) is 8.66. The zero-order valence-corrected chi connectivity index (χ0v) is 15.4. The topological polar surface area (TPSA) is 66.4 Å². The van der Waals surface area contributed by atoms with Gasteiger partial charge in [-0.2, -0.15) is 0 Å². The average Bonchev–Trinajstić information content (AvgIpc) is 2.58. The summed E-state index contributed by atoms with van der Waals surface area (Å²) in [5.41, 5.74) is 3.11. The molecular weight excluding hydrogens is 334 g/mol. The van der Waals surface area contributed by atoms with Gasteiger partial charge in [0.1, 0.15) is 6.04 Å². The molecule has 132 valence electrons. The van der Waals surface area contributed by atoms with Crippen molar-refractivity contribution in [2.24, 2.45) is 0 Å². The summed E-state index contributed by atoms with van der Waals surface area (Å²) in [6.07, 6.45) is 3.24. The summed E-state index contributed by atoms with van der Waals surface area (Å²) in [6.45, 7) is 5.38. The van der Waals surface area contributed by atoms with Gasteiger partial charge in [0.05, 0.1) is 15.7 Å². The highest BCUT2D eigenvalue weighted by Crippen LogP contribution is 2.19. The lowest BCUT2D eigenvalue weighted by Gasteiger charge is -2.20. The second kappa shape index (κ2) is 8.23. The summed E-state index contributed by atoms with van der Waals surface area (Å²) in [4.78, 5) is 11.4. The maximum Gasteiger partial charge on any atom is 0.325 e. The largest absolute Gasteiger partial charge is 0.480 e. The Bertz CT molecular complexity index is 762. The maximum absolute atomic E-state index is 12.1. The molecule has 0 saturated heterocycles. The molecule has 2 aromatic rings. The monoisotopic (exact) mass is 357 g/mol. The van der Waals surface area contributed by atoms with E-state index in [1.165, 1.54) is 6.08 Å². The molecule has 2 N–H and O–H groups in total. The minimum Gasteiger partial charge on any atom is -0.480 e. The number of hydrogen-bond acceptors (Lipinski definition) is 2. The Hall–Kier alpha value is -2.24. The van der Waals surface area contributed by atoms with Crippen molar-refractivity contribution in [3.8, 4) is 11.1 Å².